The minimum Gasteiger partial charge on any atom is -0.481 e. The molecule has 0 saturated heterocycles. The van der Waals surface area contributed by atoms with Crippen LogP contribution in [-0.4, -0.2) is 33.2 Å². The number of nitrogens with zero attached hydrogens (tertiary/aromatic N) is 2. The largest absolute Gasteiger partial charge is 0.481 e. The first-order chi connectivity index (χ1) is 12.4. The zero-order chi connectivity index (χ0) is 18.9. The fraction of sp³-hybridized carbons (Fsp3) is 0.474. The number of aliphatic carboxylic acids is 1. The van der Waals surface area contributed by atoms with Gasteiger partial charge in [-0.2, -0.15) is 4.98 Å². The van der Waals surface area contributed by atoms with Crippen molar-refractivity contribution in [3.63, 3.8) is 0 Å². The second kappa shape index (κ2) is 9.70. The van der Waals surface area contributed by atoms with E-state index >= 15 is 0 Å². The topological polar surface area (TPSA) is 105 Å². The average molecular weight is 359 g/mol. The normalized spacial score (nSPS) is 12.1. The highest BCUT2D eigenvalue weighted by Gasteiger charge is 2.16. The van der Waals surface area contributed by atoms with Gasteiger partial charge in [0.25, 0.3) is 0 Å². The van der Waals surface area contributed by atoms with Gasteiger partial charge in [0.05, 0.1) is 0 Å². The molecule has 0 aliphatic rings. The van der Waals surface area contributed by atoms with Gasteiger partial charge in [0.1, 0.15) is 0 Å². The van der Waals surface area contributed by atoms with E-state index in [4.69, 9.17) is 9.63 Å². The summed E-state index contributed by atoms with van der Waals surface area (Å²) < 4.78 is 5.14. The van der Waals surface area contributed by atoms with Crippen LogP contribution >= 0.6 is 0 Å². The summed E-state index contributed by atoms with van der Waals surface area (Å²) in [5.74, 6) is 0.218. The lowest BCUT2D eigenvalue weighted by molar-refractivity contribution is -0.137. The standard InChI is InChI=1S/C19H25N3O4/c1-13(2)19-21-17(26-22-19)10-9-16(23)20-15(8-11-18(24)25)12-14-6-4-3-5-7-14/h3-7,13,15H,8-12H2,1-2H3,(H,20,23)(H,24,25). The Kier molecular flexibility index (Phi) is 7.32. The second-order valence-electron chi connectivity index (χ2n) is 6.59. The van der Waals surface area contributed by atoms with Gasteiger partial charge in [-0.15, -0.1) is 0 Å². The van der Waals surface area contributed by atoms with Gasteiger partial charge in [-0.05, 0) is 18.4 Å². The first-order valence-corrected chi connectivity index (χ1v) is 8.81. The molecule has 1 heterocycles. The van der Waals surface area contributed by atoms with Crippen LogP contribution in [0, 0.1) is 0 Å². The van der Waals surface area contributed by atoms with Crippen molar-refractivity contribution in [2.24, 2.45) is 0 Å². The number of carboxylic acids is 1. The number of benzene rings is 1. The van der Waals surface area contributed by atoms with Crippen molar-refractivity contribution in [1.29, 1.82) is 0 Å². The van der Waals surface area contributed by atoms with Crippen molar-refractivity contribution < 1.29 is 19.2 Å². The number of carbonyl (C=O) groups excluding carboxylic acids is 1. The zero-order valence-corrected chi connectivity index (χ0v) is 15.1. The van der Waals surface area contributed by atoms with E-state index in [1.54, 1.807) is 0 Å². The Morgan fingerprint density at radius 1 is 1.19 bits per heavy atom. The third-order valence-corrected chi connectivity index (χ3v) is 3.96. The molecule has 0 radical (unpaired) electrons. The van der Waals surface area contributed by atoms with Crippen LogP contribution in [0.3, 0.4) is 0 Å². The molecule has 7 heteroatoms. The van der Waals surface area contributed by atoms with Gasteiger partial charge < -0.3 is 14.9 Å². The van der Waals surface area contributed by atoms with Crippen molar-refractivity contribution in [3.8, 4) is 0 Å². The molecule has 1 amide bonds. The first kappa shape index (κ1) is 19.6. The summed E-state index contributed by atoms with van der Waals surface area (Å²) >= 11 is 0. The number of rotatable bonds is 10. The highest BCUT2D eigenvalue weighted by molar-refractivity contribution is 5.76. The molecule has 0 aliphatic heterocycles. The van der Waals surface area contributed by atoms with Gasteiger partial charge in [-0.25, -0.2) is 0 Å². The number of amides is 1. The second-order valence-corrected chi connectivity index (χ2v) is 6.59. The number of carbonyl (C=O) groups is 2. The minimum atomic E-state index is -0.871. The summed E-state index contributed by atoms with van der Waals surface area (Å²) in [5.41, 5.74) is 1.06. The van der Waals surface area contributed by atoms with Crippen LogP contribution in [0.15, 0.2) is 34.9 Å². The fourth-order valence-electron chi connectivity index (χ4n) is 2.55. The smallest absolute Gasteiger partial charge is 0.303 e. The zero-order valence-electron chi connectivity index (χ0n) is 15.1. The van der Waals surface area contributed by atoms with E-state index in [9.17, 15) is 9.59 Å². The fourth-order valence-corrected chi connectivity index (χ4v) is 2.55. The minimum absolute atomic E-state index is 0.0131. The summed E-state index contributed by atoms with van der Waals surface area (Å²) in [4.78, 5) is 27.4. The lowest BCUT2D eigenvalue weighted by Gasteiger charge is -2.18. The molecular formula is C19H25N3O4. The molecule has 2 rings (SSSR count). The molecule has 2 aromatic rings. The molecule has 26 heavy (non-hydrogen) atoms. The van der Waals surface area contributed by atoms with Gasteiger partial charge in [-0.1, -0.05) is 49.3 Å². The van der Waals surface area contributed by atoms with Gasteiger partial charge in [0.2, 0.25) is 11.8 Å². The number of hydrogen-bond acceptors (Lipinski definition) is 5. The Hall–Kier alpha value is -2.70. The lowest BCUT2D eigenvalue weighted by atomic mass is 10.0. The van der Waals surface area contributed by atoms with Crippen LogP contribution in [0.5, 0.6) is 0 Å². The SMILES string of the molecule is CC(C)c1noc(CCC(=O)NC(CCC(=O)O)Cc2ccccc2)n1. The Morgan fingerprint density at radius 2 is 1.92 bits per heavy atom. The predicted octanol–water partition coefficient (Wildman–Crippen LogP) is 2.72. The van der Waals surface area contributed by atoms with Crippen LogP contribution in [0.4, 0.5) is 0 Å². The van der Waals surface area contributed by atoms with Crippen molar-refractivity contribution in [2.75, 3.05) is 0 Å². The molecule has 7 nitrogen and oxygen atoms in total. The van der Waals surface area contributed by atoms with E-state index in [1.165, 1.54) is 0 Å². The monoisotopic (exact) mass is 359 g/mol. The van der Waals surface area contributed by atoms with E-state index in [-0.39, 0.29) is 30.7 Å². The van der Waals surface area contributed by atoms with Crippen molar-refractivity contribution in [2.45, 2.75) is 57.9 Å². The van der Waals surface area contributed by atoms with Gasteiger partial charge in [-0.3, -0.25) is 9.59 Å². The molecular weight excluding hydrogens is 334 g/mol. The van der Waals surface area contributed by atoms with Crippen LogP contribution in [-0.2, 0) is 22.4 Å². The van der Waals surface area contributed by atoms with Crippen LogP contribution in [0.25, 0.3) is 0 Å². The highest BCUT2D eigenvalue weighted by Crippen LogP contribution is 2.11. The molecule has 0 bridgehead atoms. The number of nitrogens with one attached hydrogen (secondary N) is 1. The molecule has 0 spiro atoms. The van der Waals surface area contributed by atoms with Crippen molar-refractivity contribution >= 4 is 11.9 Å². The van der Waals surface area contributed by atoms with E-state index in [0.717, 1.165) is 5.56 Å². The third-order valence-electron chi connectivity index (χ3n) is 3.96. The lowest BCUT2D eigenvalue weighted by Crippen LogP contribution is -2.37. The molecule has 1 unspecified atom stereocenters. The van der Waals surface area contributed by atoms with Gasteiger partial charge in [0.15, 0.2) is 5.82 Å². The maximum Gasteiger partial charge on any atom is 0.303 e. The number of aromatic nitrogens is 2. The molecule has 1 aromatic heterocycles. The molecule has 1 aromatic carbocycles. The van der Waals surface area contributed by atoms with E-state index in [1.807, 2.05) is 44.2 Å². The quantitative estimate of drug-likeness (QED) is 0.676. The maximum absolute atomic E-state index is 12.3. The number of aryl methyl sites for hydroxylation is 1. The number of carboxylic acid groups (broad SMARTS) is 1. The van der Waals surface area contributed by atoms with Crippen LogP contribution in [0.1, 0.15) is 56.3 Å². The van der Waals surface area contributed by atoms with Gasteiger partial charge >= 0.3 is 5.97 Å². The maximum atomic E-state index is 12.3. The van der Waals surface area contributed by atoms with E-state index in [0.29, 0.717) is 31.0 Å². The van der Waals surface area contributed by atoms with Crippen LogP contribution < -0.4 is 5.32 Å². The van der Waals surface area contributed by atoms with Crippen LogP contribution in [0.2, 0.25) is 0 Å². The third kappa shape index (κ3) is 6.66. The first-order valence-electron chi connectivity index (χ1n) is 8.81. The molecule has 0 aliphatic carbocycles. The molecule has 140 valence electrons. The summed E-state index contributed by atoms with van der Waals surface area (Å²) in [6, 6.07) is 9.47. The summed E-state index contributed by atoms with van der Waals surface area (Å²) in [6.07, 6.45) is 1.58. The Morgan fingerprint density at radius 3 is 2.54 bits per heavy atom. The molecule has 0 saturated carbocycles. The molecule has 2 N–H and O–H groups in total. The summed E-state index contributed by atoms with van der Waals surface area (Å²) in [7, 11) is 0. The molecule has 1 atom stereocenters. The summed E-state index contributed by atoms with van der Waals surface area (Å²) in [5, 5.41) is 15.7. The van der Waals surface area contributed by atoms with Crippen molar-refractivity contribution in [3.05, 3.63) is 47.6 Å². The van der Waals surface area contributed by atoms with Crippen molar-refractivity contribution in [1.82, 2.24) is 15.5 Å². The Balaban J connectivity index is 1.88. The Bertz CT molecular complexity index is 713. The summed E-state index contributed by atoms with van der Waals surface area (Å²) in [6.45, 7) is 3.94. The van der Waals surface area contributed by atoms with E-state index < -0.39 is 5.97 Å². The van der Waals surface area contributed by atoms with Gasteiger partial charge in [0, 0.05) is 31.2 Å². The highest BCUT2D eigenvalue weighted by atomic mass is 16.5. The average Bonchev–Trinajstić information content (AvgIpc) is 3.08. The van der Waals surface area contributed by atoms with E-state index in [2.05, 4.69) is 15.5 Å². The Labute approximate surface area is 152 Å². The number of hydrogen-bond donors (Lipinski definition) is 2. The predicted molar refractivity (Wildman–Crippen MR) is 95.7 cm³/mol. The molecule has 0 fully saturated rings.